The molecule has 0 spiro atoms. The minimum atomic E-state index is 0.609. The highest BCUT2D eigenvalue weighted by Crippen LogP contribution is 2.44. The van der Waals surface area contributed by atoms with Crippen LogP contribution in [0, 0.1) is 11.3 Å². The average molecular weight is 688 g/mol. The van der Waals surface area contributed by atoms with E-state index in [4.69, 9.17) is 19.9 Å². The molecule has 0 unspecified atom stereocenters. The Bertz CT molecular complexity index is 3020. The Kier molecular flexibility index (Phi) is 7.45. The van der Waals surface area contributed by atoms with Crippen LogP contribution in [0.15, 0.2) is 176 Å². The highest BCUT2D eigenvalue weighted by molar-refractivity contribution is 6.33. The van der Waals surface area contributed by atoms with Gasteiger partial charge in [0.25, 0.3) is 0 Å². The number of nitriles is 1. The first-order valence-electron chi connectivity index (χ1n) is 17.9. The summed E-state index contributed by atoms with van der Waals surface area (Å²) in [5, 5.41) is 17.4. The highest BCUT2D eigenvalue weighted by atomic mass is 15.0. The lowest BCUT2D eigenvalue weighted by Gasteiger charge is -2.17. The van der Waals surface area contributed by atoms with E-state index >= 15 is 0 Å². The summed E-state index contributed by atoms with van der Waals surface area (Å²) in [5.41, 5.74) is 8.43. The van der Waals surface area contributed by atoms with E-state index in [1.807, 2.05) is 84.9 Å². The maximum Gasteiger partial charge on any atom is 0.164 e. The summed E-state index contributed by atoms with van der Waals surface area (Å²) in [7, 11) is 0. The normalized spacial score (nSPS) is 11.3. The topological polar surface area (TPSA) is 75.3 Å². The highest BCUT2D eigenvalue weighted by Gasteiger charge is 2.19. The Hall–Kier alpha value is -7.55. The van der Waals surface area contributed by atoms with E-state index in [-0.39, 0.29) is 0 Å². The van der Waals surface area contributed by atoms with Crippen LogP contribution in [0.4, 0.5) is 0 Å². The Morgan fingerprint density at radius 2 is 0.815 bits per heavy atom. The van der Waals surface area contributed by atoms with Gasteiger partial charge in [-0.2, -0.15) is 5.26 Å². The van der Waals surface area contributed by atoms with E-state index in [9.17, 15) is 5.26 Å². The van der Waals surface area contributed by atoms with Crippen molar-refractivity contribution in [1.82, 2.24) is 19.9 Å². The second kappa shape index (κ2) is 12.9. The molecule has 10 aromatic rings. The quantitative estimate of drug-likeness (QED) is 0.168. The first-order valence-corrected chi connectivity index (χ1v) is 17.9. The molecule has 0 atom stereocenters. The van der Waals surface area contributed by atoms with Crippen molar-refractivity contribution in [3.63, 3.8) is 0 Å². The molecule has 0 fully saturated rings. The van der Waals surface area contributed by atoms with Crippen LogP contribution in [-0.2, 0) is 0 Å². The van der Waals surface area contributed by atoms with Crippen LogP contribution in [0.25, 0.3) is 99.8 Å². The standard InChI is InChI=1S/C49H29N5/c50-30-31-19-21-32(22-20-31)37-27-28-40-42(29-37)38-15-7-8-16-39(38)44-41-17-9-10-18-43(41)51-46(45(40)44)33-23-25-36(26-24-33)49-53-47(34-11-3-1-4-12-34)52-48(54-49)35-13-5-2-6-14-35/h1-29H. The number of aromatic nitrogens is 4. The Balaban J connectivity index is 1.18. The molecule has 0 N–H and O–H groups in total. The second-order valence-corrected chi connectivity index (χ2v) is 13.3. The van der Waals surface area contributed by atoms with Crippen molar-refractivity contribution in [3.8, 4) is 62.6 Å². The molecule has 0 aliphatic heterocycles. The zero-order chi connectivity index (χ0) is 36.0. The molecule has 0 amide bonds. The lowest BCUT2D eigenvalue weighted by atomic mass is 9.88. The van der Waals surface area contributed by atoms with Gasteiger partial charge in [-0.05, 0) is 56.9 Å². The van der Waals surface area contributed by atoms with E-state index in [1.165, 1.54) is 16.2 Å². The predicted octanol–water partition coefficient (Wildman–Crippen LogP) is 12.1. The fourth-order valence-corrected chi connectivity index (χ4v) is 7.52. The SMILES string of the molecule is N#Cc1ccc(-c2ccc3c(c2)c2ccccc2c2c4ccccc4nc(-c4ccc(-c5nc(-c6ccccc6)nc(-c6ccccc6)n5)cc4)c32)cc1. The molecule has 54 heavy (non-hydrogen) atoms. The van der Waals surface area contributed by atoms with Gasteiger partial charge in [-0.25, -0.2) is 19.9 Å². The molecule has 0 saturated carbocycles. The smallest absolute Gasteiger partial charge is 0.164 e. The van der Waals surface area contributed by atoms with Crippen molar-refractivity contribution >= 4 is 43.2 Å². The summed E-state index contributed by atoms with van der Waals surface area (Å²) in [6.07, 6.45) is 0. The molecule has 0 aliphatic carbocycles. The molecular weight excluding hydrogens is 659 g/mol. The lowest BCUT2D eigenvalue weighted by molar-refractivity contribution is 1.07. The van der Waals surface area contributed by atoms with E-state index in [2.05, 4.69) is 97.1 Å². The van der Waals surface area contributed by atoms with Gasteiger partial charge in [-0.1, -0.05) is 152 Å². The molecule has 5 heteroatoms. The van der Waals surface area contributed by atoms with E-state index in [0.717, 1.165) is 66.1 Å². The fourth-order valence-electron chi connectivity index (χ4n) is 7.52. The monoisotopic (exact) mass is 687 g/mol. The number of rotatable bonds is 5. The summed E-state index contributed by atoms with van der Waals surface area (Å²) < 4.78 is 0. The third kappa shape index (κ3) is 5.33. The number of fused-ring (bicyclic) bond motifs is 8. The van der Waals surface area contributed by atoms with Crippen molar-refractivity contribution in [2.45, 2.75) is 0 Å². The summed E-state index contributed by atoms with van der Waals surface area (Å²) in [5.74, 6) is 1.87. The Morgan fingerprint density at radius 1 is 0.333 bits per heavy atom. The first-order chi connectivity index (χ1) is 26.7. The third-order valence-corrected chi connectivity index (χ3v) is 10.1. The Labute approximate surface area is 311 Å². The van der Waals surface area contributed by atoms with Gasteiger partial charge in [-0.15, -0.1) is 0 Å². The molecule has 8 aromatic carbocycles. The van der Waals surface area contributed by atoms with Gasteiger partial charge in [0.1, 0.15) is 0 Å². The summed E-state index contributed by atoms with van der Waals surface area (Å²) in [4.78, 5) is 20.2. The molecular formula is C49H29N5. The van der Waals surface area contributed by atoms with Crippen LogP contribution in [0.5, 0.6) is 0 Å². The van der Waals surface area contributed by atoms with Gasteiger partial charge >= 0.3 is 0 Å². The molecule has 250 valence electrons. The van der Waals surface area contributed by atoms with Crippen LogP contribution < -0.4 is 0 Å². The maximum absolute atomic E-state index is 9.37. The maximum atomic E-state index is 9.37. The number of hydrogen-bond acceptors (Lipinski definition) is 5. The van der Waals surface area contributed by atoms with Crippen LogP contribution in [0.3, 0.4) is 0 Å². The van der Waals surface area contributed by atoms with Gasteiger partial charge < -0.3 is 0 Å². The molecule has 2 heterocycles. The summed E-state index contributed by atoms with van der Waals surface area (Å²) in [6.45, 7) is 0. The molecule has 0 aliphatic rings. The minimum absolute atomic E-state index is 0.609. The summed E-state index contributed by atoms with van der Waals surface area (Å²) >= 11 is 0. The van der Waals surface area contributed by atoms with E-state index in [0.29, 0.717) is 23.0 Å². The number of benzene rings is 8. The minimum Gasteiger partial charge on any atom is -0.247 e. The van der Waals surface area contributed by atoms with Gasteiger partial charge in [-0.3, -0.25) is 0 Å². The lowest BCUT2D eigenvalue weighted by Crippen LogP contribution is -2.00. The second-order valence-electron chi connectivity index (χ2n) is 13.3. The van der Waals surface area contributed by atoms with E-state index in [1.54, 1.807) is 0 Å². The first kappa shape index (κ1) is 31.2. The zero-order valence-corrected chi connectivity index (χ0v) is 29.0. The van der Waals surface area contributed by atoms with Gasteiger partial charge in [0.15, 0.2) is 17.5 Å². The van der Waals surface area contributed by atoms with Crippen LogP contribution in [-0.4, -0.2) is 19.9 Å². The van der Waals surface area contributed by atoms with Crippen molar-refractivity contribution < 1.29 is 0 Å². The van der Waals surface area contributed by atoms with Gasteiger partial charge in [0.2, 0.25) is 0 Å². The molecule has 0 radical (unpaired) electrons. The average Bonchev–Trinajstić information content (AvgIpc) is 3.26. The summed E-state index contributed by atoms with van der Waals surface area (Å²) in [6, 6.07) is 62.3. The molecule has 0 bridgehead atoms. The van der Waals surface area contributed by atoms with E-state index < -0.39 is 0 Å². The van der Waals surface area contributed by atoms with Crippen LogP contribution in [0.1, 0.15) is 5.56 Å². The van der Waals surface area contributed by atoms with Crippen LogP contribution in [0.2, 0.25) is 0 Å². The van der Waals surface area contributed by atoms with Crippen molar-refractivity contribution in [2.24, 2.45) is 0 Å². The Morgan fingerprint density at radius 3 is 1.44 bits per heavy atom. The van der Waals surface area contributed by atoms with Crippen molar-refractivity contribution in [1.29, 1.82) is 5.26 Å². The number of hydrogen-bond donors (Lipinski definition) is 0. The predicted molar refractivity (Wildman–Crippen MR) is 220 cm³/mol. The molecule has 5 nitrogen and oxygen atoms in total. The van der Waals surface area contributed by atoms with Crippen LogP contribution >= 0.6 is 0 Å². The van der Waals surface area contributed by atoms with Crippen molar-refractivity contribution in [3.05, 3.63) is 181 Å². The van der Waals surface area contributed by atoms with Gasteiger partial charge in [0.05, 0.1) is 22.8 Å². The fraction of sp³-hybridized carbons (Fsp3) is 0. The number of nitrogens with zero attached hydrogens (tertiary/aromatic N) is 5. The molecule has 2 aromatic heterocycles. The molecule has 0 saturated heterocycles. The zero-order valence-electron chi connectivity index (χ0n) is 29.0. The third-order valence-electron chi connectivity index (χ3n) is 10.1. The molecule has 10 rings (SSSR count). The largest absolute Gasteiger partial charge is 0.247 e. The van der Waals surface area contributed by atoms with Crippen molar-refractivity contribution in [2.75, 3.05) is 0 Å². The van der Waals surface area contributed by atoms with Gasteiger partial charge in [0, 0.05) is 38.4 Å². The number of para-hydroxylation sites is 1. The number of pyridine rings is 1.